The van der Waals surface area contributed by atoms with E-state index in [2.05, 4.69) is 0 Å². The zero-order valence-electron chi connectivity index (χ0n) is 18.9. The Balaban J connectivity index is 1.78. The van der Waals surface area contributed by atoms with E-state index in [0.717, 1.165) is 54.6 Å². The number of nitrogens with zero attached hydrogens (tertiary/aromatic N) is 5. The van der Waals surface area contributed by atoms with Crippen molar-refractivity contribution in [2.24, 2.45) is 0 Å². The topological polar surface area (TPSA) is 204 Å². The summed E-state index contributed by atoms with van der Waals surface area (Å²) in [5.41, 5.74) is -2.97. The van der Waals surface area contributed by atoms with Crippen LogP contribution in [0, 0.1) is 30.3 Å². The predicted molar refractivity (Wildman–Crippen MR) is 125 cm³/mol. The Labute approximate surface area is 210 Å². The monoisotopic (exact) mass is 519 g/mol. The lowest BCUT2D eigenvalue weighted by Gasteiger charge is -2.29. The molecule has 0 radical (unpaired) electrons. The lowest BCUT2D eigenvalue weighted by Crippen LogP contribution is -2.51. The molecule has 0 saturated carbocycles. The Morgan fingerprint density at radius 1 is 0.737 bits per heavy atom. The van der Waals surface area contributed by atoms with Gasteiger partial charge in [0.05, 0.1) is 20.3 Å². The molecule has 15 nitrogen and oxygen atoms in total. The van der Waals surface area contributed by atoms with E-state index in [0.29, 0.717) is 5.01 Å². The van der Waals surface area contributed by atoms with E-state index in [1.807, 2.05) is 0 Å². The molecule has 1 heterocycles. The zero-order valence-corrected chi connectivity index (χ0v) is 18.9. The van der Waals surface area contributed by atoms with Crippen molar-refractivity contribution in [3.8, 4) is 0 Å². The van der Waals surface area contributed by atoms with Crippen molar-refractivity contribution in [1.82, 2.24) is 10.0 Å². The minimum Gasteiger partial charge on any atom is -0.292 e. The van der Waals surface area contributed by atoms with E-state index in [-0.39, 0.29) is 27.4 Å². The number of hydrogen-bond acceptors (Lipinski definition) is 10. The first-order chi connectivity index (χ1) is 18.0. The molecule has 3 amide bonds. The van der Waals surface area contributed by atoms with Gasteiger partial charge in [-0.3, -0.25) is 49.5 Å². The van der Waals surface area contributed by atoms with Gasteiger partial charge in [-0.15, -0.1) is 0 Å². The fraction of sp³-hybridized carbons (Fsp3) is 0.0435. The number of hydrazine groups is 1. The first-order valence-electron chi connectivity index (χ1n) is 10.5. The van der Waals surface area contributed by atoms with Crippen LogP contribution < -0.4 is 0 Å². The highest BCUT2D eigenvalue weighted by molar-refractivity contribution is 6.24. The largest absolute Gasteiger partial charge is 0.292 e. The third-order valence-electron chi connectivity index (χ3n) is 5.54. The zero-order chi connectivity index (χ0) is 27.7. The molecule has 38 heavy (non-hydrogen) atoms. The summed E-state index contributed by atoms with van der Waals surface area (Å²) in [6.07, 6.45) is 0. The molecule has 0 aliphatic carbocycles. The number of nitro groups is 3. The standard InChI is InChI=1S/C23H13N5O10/c29-19(13-7-9-15(10-8-13)26(33)34)12-24(21(30)14-3-1-4-16(11-14)27(35)36)25-22(31)17-5-2-6-18(28(37)38)20(17)23(25)32/h1-11H,12H2. The molecule has 15 heteroatoms. The number of imide groups is 1. The number of amides is 3. The lowest BCUT2D eigenvalue weighted by atomic mass is 10.1. The molecule has 0 bridgehead atoms. The van der Waals surface area contributed by atoms with Gasteiger partial charge in [-0.2, -0.15) is 5.01 Å². The van der Waals surface area contributed by atoms with Crippen LogP contribution in [0.3, 0.4) is 0 Å². The fourth-order valence-corrected chi connectivity index (χ4v) is 3.76. The van der Waals surface area contributed by atoms with Crippen LogP contribution in [0.4, 0.5) is 17.1 Å². The number of fused-ring (bicyclic) bond motifs is 1. The molecular weight excluding hydrogens is 506 g/mol. The Morgan fingerprint density at radius 2 is 1.37 bits per heavy atom. The molecule has 0 atom stereocenters. The highest BCUT2D eigenvalue weighted by Crippen LogP contribution is 2.32. The quantitative estimate of drug-likeness (QED) is 0.184. The third kappa shape index (κ3) is 4.41. The second-order valence-electron chi connectivity index (χ2n) is 7.78. The van der Waals surface area contributed by atoms with E-state index in [4.69, 9.17) is 0 Å². The van der Waals surface area contributed by atoms with Crippen LogP contribution in [0.15, 0.2) is 66.7 Å². The second kappa shape index (κ2) is 9.65. The van der Waals surface area contributed by atoms with Gasteiger partial charge < -0.3 is 0 Å². The third-order valence-corrected chi connectivity index (χ3v) is 5.54. The average molecular weight is 519 g/mol. The summed E-state index contributed by atoms with van der Waals surface area (Å²) in [5, 5.41) is 34.2. The predicted octanol–water partition coefficient (Wildman–Crippen LogP) is 2.95. The maximum atomic E-state index is 13.5. The number of benzene rings is 3. The molecule has 4 rings (SSSR count). The van der Waals surface area contributed by atoms with Crippen LogP contribution in [-0.4, -0.2) is 54.8 Å². The number of carbonyl (C=O) groups excluding carboxylic acids is 4. The molecule has 0 aromatic heterocycles. The van der Waals surface area contributed by atoms with Crippen LogP contribution in [0.5, 0.6) is 0 Å². The SMILES string of the molecule is O=C(CN(C(=O)c1cccc([N+](=O)[O-])c1)N1C(=O)c2cccc([N+](=O)[O-])c2C1=O)c1ccc([N+](=O)[O-])cc1. The molecule has 0 fully saturated rings. The van der Waals surface area contributed by atoms with Gasteiger partial charge >= 0.3 is 0 Å². The number of carbonyl (C=O) groups is 4. The lowest BCUT2D eigenvalue weighted by molar-refractivity contribution is -0.385. The number of rotatable bonds is 8. The summed E-state index contributed by atoms with van der Waals surface area (Å²) in [5.74, 6) is -4.41. The van der Waals surface area contributed by atoms with Gasteiger partial charge in [0.25, 0.3) is 34.8 Å². The van der Waals surface area contributed by atoms with Crippen molar-refractivity contribution in [3.63, 3.8) is 0 Å². The maximum absolute atomic E-state index is 13.5. The Kier molecular flexibility index (Phi) is 6.41. The van der Waals surface area contributed by atoms with Gasteiger partial charge in [-0.1, -0.05) is 12.1 Å². The Morgan fingerprint density at radius 3 is 1.97 bits per heavy atom. The van der Waals surface area contributed by atoms with E-state index in [1.54, 1.807) is 0 Å². The summed E-state index contributed by atoms with van der Waals surface area (Å²) in [6.45, 7) is -0.960. The van der Waals surface area contributed by atoms with E-state index in [1.165, 1.54) is 12.1 Å². The van der Waals surface area contributed by atoms with Crippen molar-refractivity contribution in [1.29, 1.82) is 0 Å². The van der Waals surface area contributed by atoms with Crippen molar-refractivity contribution >= 4 is 40.6 Å². The molecule has 3 aromatic rings. The van der Waals surface area contributed by atoms with Gasteiger partial charge in [-0.25, -0.2) is 5.01 Å². The normalized spacial score (nSPS) is 12.2. The van der Waals surface area contributed by atoms with Gasteiger partial charge in [0, 0.05) is 41.5 Å². The first kappa shape index (κ1) is 25.2. The minimum atomic E-state index is -1.26. The van der Waals surface area contributed by atoms with E-state index < -0.39 is 61.8 Å². The molecule has 0 unspecified atom stereocenters. The Bertz CT molecular complexity index is 1570. The maximum Gasteiger partial charge on any atom is 0.287 e. The van der Waals surface area contributed by atoms with Crippen molar-refractivity contribution < 1.29 is 33.9 Å². The molecular formula is C23H13N5O10. The summed E-state index contributed by atoms with van der Waals surface area (Å²) in [7, 11) is 0. The van der Waals surface area contributed by atoms with Gasteiger partial charge in [-0.05, 0) is 24.3 Å². The molecule has 1 aliphatic rings. The number of ketones is 1. The summed E-state index contributed by atoms with van der Waals surface area (Å²) < 4.78 is 0. The molecule has 3 aromatic carbocycles. The molecule has 0 saturated heterocycles. The molecule has 0 N–H and O–H groups in total. The van der Waals surface area contributed by atoms with E-state index in [9.17, 15) is 49.5 Å². The summed E-state index contributed by atoms with van der Waals surface area (Å²) >= 11 is 0. The average Bonchev–Trinajstić information content (AvgIpc) is 3.16. The smallest absolute Gasteiger partial charge is 0.287 e. The minimum absolute atomic E-state index is 0.116. The van der Waals surface area contributed by atoms with Crippen molar-refractivity contribution in [2.75, 3.05) is 6.54 Å². The second-order valence-corrected chi connectivity index (χ2v) is 7.78. The van der Waals surface area contributed by atoms with Crippen LogP contribution in [0.2, 0.25) is 0 Å². The van der Waals surface area contributed by atoms with Gasteiger partial charge in [0.2, 0.25) is 0 Å². The number of non-ortho nitro benzene ring substituents is 2. The fourth-order valence-electron chi connectivity index (χ4n) is 3.76. The highest BCUT2D eigenvalue weighted by atomic mass is 16.6. The Hall–Kier alpha value is -5.86. The van der Waals surface area contributed by atoms with Crippen LogP contribution in [-0.2, 0) is 0 Å². The van der Waals surface area contributed by atoms with Crippen LogP contribution in [0.25, 0.3) is 0 Å². The summed E-state index contributed by atoms with van der Waals surface area (Å²) in [4.78, 5) is 84.1. The number of hydrogen-bond donors (Lipinski definition) is 0. The number of nitro benzene ring substituents is 3. The van der Waals surface area contributed by atoms with E-state index >= 15 is 0 Å². The number of Topliss-reactive ketones (excluding diaryl/α,β-unsaturated/α-hetero) is 1. The molecule has 0 spiro atoms. The van der Waals surface area contributed by atoms with Crippen molar-refractivity contribution in [3.05, 3.63) is 119 Å². The molecule has 190 valence electrons. The van der Waals surface area contributed by atoms with Crippen LogP contribution in [0.1, 0.15) is 41.4 Å². The van der Waals surface area contributed by atoms with Gasteiger partial charge in [0.15, 0.2) is 5.78 Å². The summed E-state index contributed by atoms with van der Waals surface area (Å²) in [6, 6.07) is 11.8. The van der Waals surface area contributed by atoms with Crippen molar-refractivity contribution in [2.45, 2.75) is 0 Å². The van der Waals surface area contributed by atoms with Crippen LogP contribution >= 0.6 is 0 Å². The molecule has 1 aliphatic heterocycles. The van der Waals surface area contributed by atoms with Gasteiger partial charge in [0.1, 0.15) is 12.1 Å². The first-order valence-corrected chi connectivity index (χ1v) is 10.5. The highest BCUT2D eigenvalue weighted by Gasteiger charge is 2.46.